The first-order valence-corrected chi connectivity index (χ1v) is 5.53. The quantitative estimate of drug-likeness (QED) is 0.690. The maximum absolute atomic E-state index is 13.7. The van der Waals surface area contributed by atoms with Gasteiger partial charge in [-0.3, -0.25) is 10.1 Å². The van der Waals surface area contributed by atoms with E-state index in [0.717, 1.165) is 0 Å². The number of nitrogens with zero attached hydrogens (tertiary/aromatic N) is 1. The number of rotatable bonds is 4. The van der Waals surface area contributed by atoms with E-state index in [4.69, 9.17) is 9.84 Å². The molecule has 0 spiro atoms. The summed E-state index contributed by atoms with van der Waals surface area (Å²) in [5, 5.41) is 19.6. The van der Waals surface area contributed by atoms with Gasteiger partial charge in [0.25, 0.3) is 0 Å². The molecule has 1 N–H and O–H groups in total. The fourth-order valence-corrected chi connectivity index (χ4v) is 1.59. The molecule has 7 heteroatoms. The second-order valence-corrected chi connectivity index (χ2v) is 3.86. The fourth-order valence-electron chi connectivity index (χ4n) is 1.59. The van der Waals surface area contributed by atoms with Crippen molar-refractivity contribution in [3.05, 3.63) is 63.7 Å². The Morgan fingerprint density at radius 3 is 2.50 bits per heavy atom. The first-order chi connectivity index (χ1) is 9.52. The molecule has 0 amide bonds. The Morgan fingerprint density at radius 1 is 1.15 bits per heavy atom. The highest BCUT2D eigenvalue weighted by Crippen LogP contribution is 2.31. The highest BCUT2D eigenvalue weighted by Gasteiger charge is 2.20. The third-order valence-electron chi connectivity index (χ3n) is 2.56. The number of halogens is 2. The smallest absolute Gasteiger partial charge is 0.307 e. The molecule has 2 aromatic rings. The Morgan fingerprint density at radius 2 is 1.85 bits per heavy atom. The van der Waals surface area contributed by atoms with Crippen LogP contribution in [0, 0.1) is 21.7 Å². The molecule has 0 saturated heterocycles. The van der Waals surface area contributed by atoms with Crippen LogP contribution < -0.4 is 4.74 Å². The third kappa shape index (κ3) is 2.72. The van der Waals surface area contributed by atoms with Gasteiger partial charge in [0.2, 0.25) is 5.82 Å². The summed E-state index contributed by atoms with van der Waals surface area (Å²) in [5.41, 5.74) is -0.587. The number of nitro benzene ring substituents is 1. The molecule has 0 aliphatic carbocycles. The zero-order valence-corrected chi connectivity index (χ0v) is 10.0. The first-order valence-electron chi connectivity index (χ1n) is 5.53. The van der Waals surface area contributed by atoms with Crippen molar-refractivity contribution in [1.82, 2.24) is 0 Å². The number of ether oxygens (including phenoxy) is 1. The minimum Gasteiger partial charge on any atom is -0.454 e. The predicted octanol–water partition coefficient (Wildman–Crippen LogP) is 3.16. The van der Waals surface area contributed by atoms with E-state index in [2.05, 4.69) is 0 Å². The first kappa shape index (κ1) is 13.9. The van der Waals surface area contributed by atoms with Gasteiger partial charge in [-0.05, 0) is 6.07 Å². The number of aliphatic hydroxyl groups is 1. The average Bonchev–Trinajstić information content (AvgIpc) is 2.42. The largest absolute Gasteiger partial charge is 0.454 e. The van der Waals surface area contributed by atoms with Gasteiger partial charge in [-0.15, -0.1) is 0 Å². The van der Waals surface area contributed by atoms with Crippen LogP contribution in [-0.2, 0) is 6.61 Å². The fraction of sp³-hybridized carbons (Fsp3) is 0.0769. The summed E-state index contributed by atoms with van der Waals surface area (Å²) in [7, 11) is 0. The summed E-state index contributed by atoms with van der Waals surface area (Å²) >= 11 is 0. The van der Waals surface area contributed by atoms with Crippen molar-refractivity contribution >= 4 is 5.69 Å². The molecule has 0 saturated carbocycles. The summed E-state index contributed by atoms with van der Waals surface area (Å²) in [6.07, 6.45) is 0. The second-order valence-electron chi connectivity index (χ2n) is 3.86. The van der Waals surface area contributed by atoms with E-state index in [1.165, 1.54) is 6.07 Å². The van der Waals surface area contributed by atoms with Crippen molar-refractivity contribution in [2.24, 2.45) is 0 Å². The maximum atomic E-state index is 13.7. The lowest BCUT2D eigenvalue weighted by molar-refractivity contribution is -0.387. The summed E-state index contributed by atoms with van der Waals surface area (Å²) in [6.45, 7) is -0.340. The number of hydrogen-bond acceptors (Lipinski definition) is 4. The number of nitro groups is 1. The van der Waals surface area contributed by atoms with Gasteiger partial charge in [-0.1, -0.05) is 18.2 Å². The Hall–Kier alpha value is -2.54. The minimum absolute atomic E-state index is 0.141. The van der Waals surface area contributed by atoms with E-state index in [0.29, 0.717) is 17.7 Å². The molecule has 2 rings (SSSR count). The molecule has 0 aliphatic rings. The Kier molecular flexibility index (Phi) is 3.90. The molecule has 0 bridgehead atoms. The van der Waals surface area contributed by atoms with Gasteiger partial charge < -0.3 is 9.84 Å². The van der Waals surface area contributed by atoms with Crippen LogP contribution in [0.3, 0.4) is 0 Å². The molecule has 0 heterocycles. The number of benzene rings is 2. The summed E-state index contributed by atoms with van der Waals surface area (Å²) in [4.78, 5) is 9.45. The van der Waals surface area contributed by atoms with E-state index < -0.39 is 28.0 Å². The minimum atomic E-state index is -1.20. The van der Waals surface area contributed by atoms with Crippen LogP contribution in [0.1, 0.15) is 5.56 Å². The highest BCUT2D eigenvalue weighted by atomic mass is 19.1. The molecule has 0 fully saturated rings. The molecule has 104 valence electrons. The van der Waals surface area contributed by atoms with Crippen molar-refractivity contribution in [1.29, 1.82) is 0 Å². The number of aliphatic hydroxyl groups excluding tert-OH is 1. The van der Waals surface area contributed by atoms with E-state index in [1.54, 1.807) is 18.2 Å². The van der Waals surface area contributed by atoms with Gasteiger partial charge in [-0.2, -0.15) is 4.39 Å². The Labute approximate surface area is 112 Å². The van der Waals surface area contributed by atoms with Gasteiger partial charge in [0.1, 0.15) is 5.75 Å². The van der Waals surface area contributed by atoms with Gasteiger partial charge >= 0.3 is 5.69 Å². The molecule has 20 heavy (non-hydrogen) atoms. The van der Waals surface area contributed by atoms with Gasteiger partial charge in [-0.25, -0.2) is 4.39 Å². The summed E-state index contributed by atoms with van der Waals surface area (Å²) in [5.74, 6) is -2.62. The monoisotopic (exact) mass is 281 g/mol. The third-order valence-corrected chi connectivity index (χ3v) is 2.56. The van der Waals surface area contributed by atoms with Crippen molar-refractivity contribution in [3.8, 4) is 11.5 Å². The van der Waals surface area contributed by atoms with Crippen molar-refractivity contribution in [2.45, 2.75) is 6.61 Å². The summed E-state index contributed by atoms with van der Waals surface area (Å²) in [6, 6.07) is 7.30. The highest BCUT2D eigenvalue weighted by molar-refractivity contribution is 5.43. The second kappa shape index (κ2) is 5.62. The van der Waals surface area contributed by atoms with Gasteiger partial charge in [0.05, 0.1) is 17.6 Å². The zero-order valence-electron chi connectivity index (χ0n) is 10.0. The van der Waals surface area contributed by atoms with Crippen LogP contribution in [0.5, 0.6) is 11.5 Å². The summed E-state index contributed by atoms with van der Waals surface area (Å²) < 4.78 is 32.2. The molecule has 0 radical (unpaired) electrons. The van der Waals surface area contributed by atoms with Crippen LogP contribution in [0.15, 0.2) is 36.4 Å². The van der Waals surface area contributed by atoms with E-state index in [1.807, 2.05) is 0 Å². The molecule has 0 aromatic heterocycles. The lowest BCUT2D eigenvalue weighted by Crippen LogP contribution is -1.98. The van der Waals surface area contributed by atoms with E-state index in [9.17, 15) is 18.9 Å². The van der Waals surface area contributed by atoms with Crippen LogP contribution >= 0.6 is 0 Å². The van der Waals surface area contributed by atoms with Crippen molar-refractivity contribution in [3.63, 3.8) is 0 Å². The predicted molar refractivity (Wildman–Crippen MR) is 65.5 cm³/mol. The molecular weight excluding hydrogens is 272 g/mol. The Balaban J connectivity index is 2.39. The average molecular weight is 281 g/mol. The van der Waals surface area contributed by atoms with Crippen LogP contribution in [0.25, 0.3) is 0 Å². The van der Waals surface area contributed by atoms with E-state index >= 15 is 0 Å². The van der Waals surface area contributed by atoms with E-state index in [-0.39, 0.29) is 12.4 Å². The molecule has 0 aliphatic heterocycles. The maximum Gasteiger partial charge on any atom is 0.307 e. The number of hydrogen-bond donors (Lipinski definition) is 1. The van der Waals surface area contributed by atoms with Gasteiger partial charge in [0, 0.05) is 11.6 Å². The SMILES string of the molecule is O=[N+]([O-])c1cc(F)c(Oc2ccccc2CO)cc1F. The normalized spacial score (nSPS) is 10.3. The van der Waals surface area contributed by atoms with Gasteiger partial charge in [0.15, 0.2) is 11.6 Å². The van der Waals surface area contributed by atoms with Crippen LogP contribution in [-0.4, -0.2) is 10.0 Å². The number of para-hydroxylation sites is 1. The molecule has 5 nitrogen and oxygen atoms in total. The molecular formula is C13H9F2NO4. The lowest BCUT2D eigenvalue weighted by Gasteiger charge is -2.10. The topological polar surface area (TPSA) is 72.6 Å². The molecule has 0 atom stereocenters. The van der Waals surface area contributed by atoms with Crippen LogP contribution in [0.4, 0.5) is 14.5 Å². The van der Waals surface area contributed by atoms with Crippen molar-refractivity contribution < 1.29 is 23.5 Å². The van der Waals surface area contributed by atoms with Crippen LogP contribution in [0.2, 0.25) is 0 Å². The lowest BCUT2D eigenvalue weighted by atomic mass is 10.2. The molecule has 2 aromatic carbocycles. The zero-order chi connectivity index (χ0) is 14.7. The molecule has 0 unspecified atom stereocenters. The Bertz CT molecular complexity index is 661. The van der Waals surface area contributed by atoms with Crippen molar-refractivity contribution in [2.75, 3.05) is 0 Å². The standard InChI is InChI=1S/C13H9F2NO4/c14-9-6-13(10(15)5-11(9)16(18)19)20-12-4-2-1-3-8(12)7-17/h1-6,17H,7H2.